The predicted molar refractivity (Wildman–Crippen MR) is 117 cm³/mol. The van der Waals surface area contributed by atoms with E-state index in [-0.39, 0.29) is 41.9 Å². The van der Waals surface area contributed by atoms with Crippen molar-refractivity contribution in [3.8, 4) is 0 Å². The fourth-order valence-electron chi connectivity index (χ4n) is 4.73. The van der Waals surface area contributed by atoms with Crippen LogP contribution in [0, 0.1) is 18.8 Å². The summed E-state index contributed by atoms with van der Waals surface area (Å²) in [6.45, 7) is 12.9. The molecule has 0 aromatic carbocycles. The number of rotatable bonds is 5. The number of hydrogen-bond acceptors (Lipinski definition) is 5. The number of aromatic nitrogens is 1. The Bertz CT molecular complexity index is 744. The normalized spacial score (nSPS) is 26.5. The standard InChI is InChI=1S/C23H36N4O3/c1-15(2)21(27-12-17(4)30-18(5)13-27)23(29)26-11-7-9-19(14-26)22(28)25-20-10-6-8-16(3)24-20/h6,8,10,15,17-19,21H,7,9,11-14H2,1-5H3,(H,24,25,28). The van der Waals surface area contributed by atoms with Gasteiger partial charge in [0.05, 0.1) is 24.2 Å². The van der Waals surface area contributed by atoms with Crippen molar-refractivity contribution >= 4 is 17.6 Å². The van der Waals surface area contributed by atoms with Gasteiger partial charge in [-0.2, -0.15) is 0 Å². The fraction of sp³-hybridized carbons (Fsp3) is 0.696. The van der Waals surface area contributed by atoms with Crippen molar-refractivity contribution in [3.63, 3.8) is 0 Å². The van der Waals surface area contributed by atoms with Gasteiger partial charge in [0.15, 0.2) is 0 Å². The van der Waals surface area contributed by atoms with Crippen LogP contribution in [0.3, 0.4) is 0 Å². The Hall–Kier alpha value is -1.99. The first-order valence-electron chi connectivity index (χ1n) is 11.2. The van der Waals surface area contributed by atoms with Crippen LogP contribution in [-0.2, 0) is 14.3 Å². The minimum Gasteiger partial charge on any atom is -0.373 e. The summed E-state index contributed by atoms with van der Waals surface area (Å²) in [5.74, 6) is 0.638. The molecule has 1 aromatic rings. The van der Waals surface area contributed by atoms with E-state index in [0.717, 1.165) is 31.6 Å². The van der Waals surface area contributed by atoms with Crippen molar-refractivity contribution in [2.24, 2.45) is 11.8 Å². The second-order valence-electron chi connectivity index (χ2n) is 9.18. The summed E-state index contributed by atoms with van der Waals surface area (Å²) in [5.41, 5.74) is 0.863. The first kappa shape index (κ1) is 22.7. The molecular formula is C23H36N4O3. The summed E-state index contributed by atoms with van der Waals surface area (Å²) in [4.78, 5) is 34.9. The number of morpholine rings is 1. The SMILES string of the molecule is Cc1cccc(NC(=O)C2CCCN(C(=O)C(C(C)C)N3CC(C)OC(C)C3)C2)n1. The molecule has 2 fully saturated rings. The minimum absolute atomic E-state index is 0.0553. The third-order valence-electron chi connectivity index (χ3n) is 5.97. The molecule has 30 heavy (non-hydrogen) atoms. The molecule has 0 bridgehead atoms. The van der Waals surface area contributed by atoms with Gasteiger partial charge >= 0.3 is 0 Å². The van der Waals surface area contributed by atoms with Crippen LogP contribution in [0.5, 0.6) is 0 Å². The molecule has 0 radical (unpaired) electrons. The summed E-state index contributed by atoms with van der Waals surface area (Å²) < 4.78 is 5.86. The largest absolute Gasteiger partial charge is 0.373 e. The molecule has 7 nitrogen and oxygen atoms in total. The monoisotopic (exact) mass is 416 g/mol. The molecule has 2 aliphatic heterocycles. The van der Waals surface area contributed by atoms with Gasteiger partial charge in [-0.3, -0.25) is 14.5 Å². The van der Waals surface area contributed by atoms with Crippen molar-refractivity contribution in [1.82, 2.24) is 14.8 Å². The maximum absolute atomic E-state index is 13.5. The van der Waals surface area contributed by atoms with E-state index in [1.807, 2.05) is 24.0 Å². The molecule has 3 rings (SSSR count). The Labute approximate surface area is 180 Å². The molecule has 0 aliphatic carbocycles. The molecule has 4 unspecified atom stereocenters. The van der Waals surface area contributed by atoms with Crippen molar-refractivity contribution in [3.05, 3.63) is 23.9 Å². The Morgan fingerprint density at radius 3 is 2.50 bits per heavy atom. The third kappa shape index (κ3) is 5.58. The van der Waals surface area contributed by atoms with Crippen molar-refractivity contribution in [1.29, 1.82) is 0 Å². The number of carbonyl (C=O) groups excluding carboxylic acids is 2. The highest BCUT2D eigenvalue weighted by molar-refractivity contribution is 5.92. The number of pyridine rings is 1. The summed E-state index contributed by atoms with van der Waals surface area (Å²) >= 11 is 0. The molecule has 7 heteroatoms. The van der Waals surface area contributed by atoms with E-state index in [0.29, 0.717) is 18.9 Å². The van der Waals surface area contributed by atoms with Crippen LogP contribution < -0.4 is 5.32 Å². The Balaban J connectivity index is 1.66. The zero-order valence-electron chi connectivity index (χ0n) is 18.9. The maximum atomic E-state index is 13.5. The van der Waals surface area contributed by atoms with Crippen LogP contribution in [0.15, 0.2) is 18.2 Å². The minimum atomic E-state index is -0.208. The van der Waals surface area contributed by atoms with Gasteiger partial charge in [-0.1, -0.05) is 19.9 Å². The van der Waals surface area contributed by atoms with Gasteiger partial charge in [-0.15, -0.1) is 0 Å². The molecule has 0 saturated carbocycles. The van der Waals surface area contributed by atoms with E-state index in [1.54, 1.807) is 6.07 Å². The highest BCUT2D eigenvalue weighted by atomic mass is 16.5. The second kappa shape index (κ2) is 9.88. The lowest BCUT2D eigenvalue weighted by Crippen LogP contribution is -2.59. The number of piperidine rings is 1. The van der Waals surface area contributed by atoms with Gasteiger partial charge in [0.25, 0.3) is 0 Å². The highest BCUT2D eigenvalue weighted by Crippen LogP contribution is 2.24. The Morgan fingerprint density at radius 1 is 1.17 bits per heavy atom. The average molecular weight is 417 g/mol. The van der Waals surface area contributed by atoms with E-state index in [4.69, 9.17) is 4.74 Å². The number of likely N-dealkylation sites (tertiary alicyclic amines) is 1. The van der Waals surface area contributed by atoms with E-state index in [1.165, 1.54) is 0 Å². The zero-order chi connectivity index (χ0) is 21.8. The first-order valence-corrected chi connectivity index (χ1v) is 11.2. The number of amides is 2. The third-order valence-corrected chi connectivity index (χ3v) is 5.97. The van der Waals surface area contributed by atoms with Gasteiger partial charge in [0, 0.05) is 31.9 Å². The van der Waals surface area contributed by atoms with Gasteiger partial charge in [0.2, 0.25) is 11.8 Å². The first-order chi connectivity index (χ1) is 14.2. The van der Waals surface area contributed by atoms with Crippen molar-refractivity contribution in [2.75, 3.05) is 31.5 Å². The van der Waals surface area contributed by atoms with Gasteiger partial charge < -0.3 is 15.0 Å². The fourth-order valence-corrected chi connectivity index (χ4v) is 4.73. The molecule has 1 N–H and O–H groups in total. The number of nitrogens with one attached hydrogen (secondary N) is 1. The van der Waals surface area contributed by atoms with Gasteiger partial charge in [0.1, 0.15) is 5.82 Å². The maximum Gasteiger partial charge on any atom is 0.240 e. The van der Waals surface area contributed by atoms with E-state index in [9.17, 15) is 9.59 Å². The van der Waals surface area contributed by atoms with E-state index >= 15 is 0 Å². The lowest BCUT2D eigenvalue weighted by molar-refractivity contribution is -0.147. The second-order valence-corrected chi connectivity index (χ2v) is 9.18. The smallest absolute Gasteiger partial charge is 0.240 e. The molecule has 166 valence electrons. The number of hydrogen-bond donors (Lipinski definition) is 1. The molecule has 3 heterocycles. The van der Waals surface area contributed by atoms with Crippen LogP contribution in [0.4, 0.5) is 5.82 Å². The topological polar surface area (TPSA) is 74.8 Å². The van der Waals surface area contributed by atoms with E-state index < -0.39 is 0 Å². The van der Waals surface area contributed by atoms with E-state index in [2.05, 4.69) is 42.9 Å². The van der Waals surface area contributed by atoms with Crippen LogP contribution in [0.1, 0.15) is 46.2 Å². The summed E-state index contributed by atoms with van der Waals surface area (Å²) in [5, 5.41) is 2.92. The Kier molecular flexibility index (Phi) is 7.47. The lowest BCUT2D eigenvalue weighted by Gasteiger charge is -2.43. The number of carbonyl (C=O) groups is 2. The number of ether oxygens (including phenoxy) is 1. The van der Waals surface area contributed by atoms with Crippen LogP contribution in [-0.4, -0.2) is 71.0 Å². The van der Waals surface area contributed by atoms with Crippen LogP contribution in [0.25, 0.3) is 0 Å². The molecule has 2 amide bonds. The number of anilines is 1. The molecule has 1 aromatic heterocycles. The average Bonchev–Trinajstić information content (AvgIpc) is 2.67. The van der Waals surface area contributed by atoms with Gasteiger partial charge in [-0.25, -0.2) is 4.98 Å². The lowest BCUT2D eigenvalue weighted by atomic mass is 9.94. The number of aryl methyl sites for hydroxylation is 1. The molecule has 2 saturated heterocycles. The molecule has 0 spiro atoms. The van der Waals surface area contributed by atoms with Crippen molar-refractivity contribution < 1.29 is 14.3 Å². The summed E-state index contributed by atoms with van der Waals surface area (Å²) in [7, 11) is 0. The number of nitrogens with zero attached hydrogens (tertiary/aromatic N) is 3. The van der Waals surface area contributed by atoms with Crippen LogP contribution >= 0.6 is 0 Å². The highest BCUT2D eigenvalue weighted by Gasteiger charge is 2.38. The Morgan fingerprint density at radius 2 is 1.87 bits per heavy atom. The molecule has 2 aliphatic rings. The zero-order valence-corrected chi connectivity index (χ0v) is 18.9. The molecular weight excluding hydrogens is 380 g/mol. The quantitative estimate of drug-likeness (QED) is 0.799. The van der Waals surface area contributed by atoms with Gasteiger partial charge in [-0.05, 0) is 51.7 Å². The van der Waals surface area contributed by atoms with Crippen LogP contribution in [0.2, 0.25) is 0 Å². The summed E-state index contributed by atoms with van der Waals surface area (Å²) in [6.07, 6.45) is 1.86. The molecule has 4 atom stereocenters. The van der Waals surface area contributed by atoms with Crippen molar-refractivity contribution in [2.45, 2.75) is 65.7 Å². The summed E-state index contributed by atoms with van der Waals surface area (Å²) in [6, 6.07) is 5.40. The predicted octanol–water partition coefficient (Wildman–Crippen LogP) is 2.70.